The van der Waals surface area contributed by atoms with Crippen LogP contribution in [0.25, 0.3) is 0 Å². The van der Waals surface area contributed by atoms with Crippen LogP contribution in [0.3, 0.4) is 0 Å². The average Bonchev–Trinajstić information content (AvgIpc) is 2.29. The summed E-state index contributed by atoms with van der Waals surface area (Å²) in [7, 11) is 0. The summed E-state index contributed by atoms with van der Waals surface area (Å²) in [5.41, 5.74) is 0.102. The molecule has 0 aromatic carbocycles. The molecule has 1 aliphatic heterocycles. The highest BCUT2D eigenvalue weighted by Crippen LogP contribution is 2.28. The molecular weight excluding hydrogens is 186 g/mol. The van der Waals surface area contributed by atoms with Crippen LogP contribution in [0.2, 0.25) is 0 Å². The van der Waals surface area contributed by atoms with Gasteiger partial charge in [-0.3, -0.25) is 0 Å². The van der Waals surface area contributed by atoms with Gasteiger partial charge in [-0.1, -0.05) is 34.1 Å². The van der Waals surface area contributed by atoms with Crippen molar-refractivity contribution in [1.29, 1.82) is 0 Å². The van der Waals surface area contributed by atoms with Gasteiger partial charge in [0, 0.05) is 13.1 Å². The monoisotopic (exact) mass is 213 g/mol. The van der Waals surface area contributed by atoms with Crippen molar-refractivity contribution in [3.8, 4) is 0 Å². The fourth-order valence-corrected chi connectivity index (χ4v) is 2.47. The molecule has 0 aromatic rings. The quantitative estimate of drug-likeness (QED) is 0.758. The van der Waals surface area contributed by atoms with E-state index >= 15 is 0 Å². The van der Waals surface area contributed by atoms with E-state index in [-0.39, 0.29) is 5.60 Å². The zero-order valence-electron chi connectivity index (χ0n) is 10.8. The third-order valence-electron chi connectivity index (χ3n) is 3.86. The molecule has 2 nitrogen and oxygen atoms in total. The average molecular weight is 213 g/mol. The predicted octanol–water partition coefficient (Wildman–Crippen LogP) is 2.97. The van der Waals surface area contributed by atoms with Crippen LogP contribution in [-0.2, 0) is 4.74 Å². The van der Waals surface area contributed by atoms with E-state index in [4.69, 9.17) is 4.74 Å². The Morgan fingerprint density at radius 1 is 1.33 bits per heavy atom. The van der Waals surface area contributed by atoms with Crippen LogP contribution in [0, 0.1) is 5.92 Å². The van der Waals surface area contributed by atoms with Crippen molar-refractivity contribution in [2.45, 2.75) is 65.1 Å². The molecule has 2 atom stereocenters. The maximum Gasteiger partial charge on any atom is 0.0805 e. The lowest BCUT2D eigenvalue weighted by atomic mass is 9.91. The van der Waals surface area contributed by atoms with Crippen molar-refractivity contribution in [3.05, 3.63) is 0 Å². The molecule has 2 unspecified atom stereocenters. The van der Waals surface area contributed by atoms with E-state index in [1.165, 1.54) is 12.8 Å². The first-order valence-corrected chi connectivity index (χ1v) is 6.56. The standard InChI is InChI=1S/C13H27NO/c1-5-8-11(4)12-9-14-10-13(6-2,7-3)15-12/h11-12,14H,5-10H2,1-4H3. The second-order valence-electron chi connectivity index (χ2n) is 4.94. The van der Waals surface area contributed by atoms with E-state index in [9.17, 15) is 0 Å². The van der Waals surface area contributed by atoms with Crippen molar-refractivity contribution < 1.29 is 4.74 Å². The molecule has 1 N–H and O–H groups in total. The molecule has 90 valence electrons. The SMILES string of the molecule is CCCC(C)C1CNCC(CC)(CC)O1. The van der Waals surface area contributed by atoms with Crippen LogP contribution in [-0.4, -0.2) is 24.8 Å². The fraction of sp³-hybridized carbons (Fsp3) is 1.00. The van der Waals surface area contributed by atoms with Gasteiger partial charge in [0.05, 0.1) is 11.7 Å². The Morgan fingerprint density at radius 3 is 2.53 bits per heavy atom. The van der Waals surface area contributed by atoms with Crippen LogP contribution in [0.15, 0.2) is 0 Å². The van der Waals surface area contributed by atoms with Crippen LogP contribution >= 0.6 is 0 Å². The first-order valence-electron chi connectivity index (χ1n) is 6.56. The number of rotatable bonds is 5. The molecule has 1 heterocycles. The molecule has 1 saturated heterocycles. The van der Waals surface area contributed by atoms with Crippen LogP contribution in [0.5, 0.6) is 0 Å². The van der Waals surface area contributed by atoms with Gasteiger partial charge >= 0.3 is 0 Å². The maximum absolute atomic E-state index is 6.32. The highest BCUT2D eigenvalue weighted by Gasteiger charge is 2.35. The summed E-state index contributed by atoms with van der Waals surface area (Å²) in [6.07, 6.45) is 5.18. The van der Waals surface area contributed by atoms with Crippen LogP contribution < -0.4 is 5.32 Å². The summed E-state index contributed by atoms with van der Waals surface area (Å²) in [4.78, 5) is 0. The Hall–Kier alpha value is -0.0800. The number of ether oxygens (including phenoxy) is 1. The molecule has 0 saturated carbocycles. The van der Waals surface area contributed by atoms with Crippen molar-refractivity contribution in [2.75, 3.05) is 13.1 Å². The smallest absolute Gasteiger partial charge is 0.0805 e. The van der Waals surface area contributed by atoms with Crippen molar-refractivity contribution in [3.63, 3.8) is 0 Å². The van der Waals surface area contributed by atoms with Gasteiger partial charge in [0.25, 0.3) is 0 Å². The number of hydrogen-bond donors (Lipinski definition) is 1. The third-order valence-corrected chi connectivity index (χ3v) is 3.86. The topological polar surface area (TPSA) is 21.3 Å². The summed E-state index contributed by atoms with van der Waals surface area (Å²) in [5, 5.41) is 3.54. The predicted molar refractivity (Wildman–Crippen MR) is 65.1 cm³/mol. The fourth-order valence-electron chi connectivity index (χ4n) is 2.47. The van der Waals surface area contributed by atoms with Crippen molar-refractivity contribution >= 4 is 0 Å². The van der Waals surface area contributed by atoms with E-state index in [1.807, 2.05) is 0 Å². The largest absolute Gasteiger partial charge is 0.369 e. The zero-order chi connectivity index (χ0) is 11.3. The Bertz CT molecular complexity index is 177. The molecule has 0 bridgehead atoms. The zero-order valence-corrected chi connectivity index (χ0v) is 10.8. The van der Waals surface area contributed by atoms with E-state index in [1.54, 1.807) is 0 Å². The first-order chi connectivity index (χ1) is 7.17. The van der Waals surface area contributed by atoms with Gasteiger partial charge in [-0.2, -0.15) is 0 Å². The Labute approximate surface area is 94.8 Å². The molecule has 0 aromatic heterocycles. The number of hydrogen-bond acceptors (Lipinski definition) is 2. The van der Waals surface area contributed by atoms with E-state index in [0.29, 0.717) is 12.0 Å². The van der Waals surface area contributed by atoms with Crippen molar-refractivity contribution in [1.82, 2.24) is 5.32 Å². The highest BCUT2D eigenvalue weighted by atomic mass is 16.5. The summed E-state index contributed by atoms with van der Waals surface area (Å²) in [6.45, 7) is 11.1. The van der Waals surface area contributed by atoms with Gasteiger partial charge in [0.2, 0.25) is 0 Å². The molecule has 0 aliphatic carbocycles. The van der Waals surface area contributed by atoms with Crippen LogP contribution in [0.1, 0.15) is 53.4 Å². The highest BCUT2D eigenvalue weighted by molar-refractivity contribution is 4.88. The van der Waals surface area contributed by atoms with Gasteiger partial charge < -0.3 is 10.1 Å². The van der Waals surface area contributed by atoms with E-state index in [0.717, 1.165) is 25.9 Å². The molecular formula is C13H27NO. The Morgan fingerprint density at radius 2 is 2.00 bits per heavy atom. The minimum Gasteiger partial charge on any atom is -0.369 e. The molecule has 1 fully saturated rings. The van der Waals surface area contributed by atoms with Gasteiger partial charge in [-0.05, 0) is 25.2 Å². The molecule has 1 rings (SSSR count). The molecule has 1 aliphatic rings. The first kappa shape index (κ1) is 13.0. The Kier molecular flexibility index (Phi) is 5.07. The maximum atomic E-state index is 6.32. The van der Waals surface area contributed by atoms with Gasteiger partial charge in [-0.25, -0.2) is 0 Å². The third kappa shape index (κ3) is 3.18. The van der Waals surface area contributed by atoms with Gasteiger partial charge in [0.1, 0.15) is 0 Å². The molecule has 15 heavy (non-hydrogen) atoms. The number of morpholine rings is 1. The van der Waals surface area contributed by atoms with Crippen molar-refractivity contribution in [2.24, 2.45) is 5.92 Å². The van der Waals surface area contributed by atoms with Gasteiger partial charge in [-0.15, -0.1) is 0 Å². The minimum absolute atomic E-state index is 0.102. The summed E-state index contributed by atoms with van der Waals surface area (Å²) < 4.78 is 6.32. The lowest BCUT2D eigenvalue weighted by Crippen LogP contribution is -2.55. The lowest BCUT2D eigenvalue weighted by Gasteiger charge is -2.43. The normalized spacial score (nSPS) is 27.6. The summed E-state index contributed by atoms with van der Waals surface area (Å²) in [6, 6.07) is 0. The Balaban J connectivity index is 2.54. The summed E-state index contributed by atoms with van der Waals surface area (Å²) in [5.74, 6) is 0.681. The molecule has 0 radical (unpaired) electrons. The number of nitrogens with one attached hydrogen (secondary N) is 1. The minimum atomic E-state index is 0.102. The van der Waals surface area contributed by atoms with E-state index < -0.39 is 0 Å². The molecule has 0 amide bonds. The molecule has 2 heteroatoms. The lowest BCUT2D eigenvalue weighted by molar-refractivity contribution is -0.138. The van der Waals surface area contributed by atoms with Gasteiger partial charge in [0.15, 0.2) is 0 Å². The molecule has 0 spiro atoms. The van der Waals surface area contributed by atoms with Crippen LogP contribution in [0.4, 0.5) is 0 Å². The summed E-state index contributed by atoms with van der Waals surface area (Å²) >= 11 is 0. The van der Waals surface area contributed by atoms with E-state index in [2.05, 4.69) is 33.0 Å². The second-order valence-corrected chi connectivity index (χ2v) is 4.94. The second kappa shape index (κ2) is 5.86.